The van der Waals surface area contributed by atoms with Crippen LogP contribution in [0.5, 0.6) is 0 Å². The van der Waals surface area contributed by atoms with Gasteiger partial charge in [0.05, 0.1) is 5.30 Å². The molecule has 21 heavy (non-hydrogen) atoms. The maximum Gasteiger partial charge on any atom is 0.123 e. The summed E-state index contributed by atoms with van der Waals surface area (Å²) in [5, 5.41) is 1.39. The predicted molar refractivity (Wildman–Crippen MR) is 92.1 cm³/mol. The Bertz CT molecular complexity index is 423. The molecule has 0 aromatic heterocycles. The molecule has 1 aromatic carbocycles. The number of hydrogen-bond donors (Lipinski definition) is 0. The lowest BCUT2D eigenvalue weighted by Crippen LogP contribution is -2.32. The molecule has 0 amide bonds. The van der Waals surface area contributed by atoms with E-state index < -0.39 is 7.26 Å². The van der Waals surface area contributed by atoms with Crippen molar-refractivity contribution in [3.8, 4) is 0 Å². The van der Waals surface area contributed by atoms with Crippen LogP contribution in [0, 0.1) is 12.5 Å². The summed E-state index contributed by atoms with van der Waals surface area (Å²) >= 11 is 0. The van der Waals surface area contributed by atoms with Gasteiger partial charge in [0.15, 0.2) is 0 Å². The Kier molecular flexibility index (Phi) is 4.99. The molecule has 2 saturated carbocycles. The summed E-state index contributed by atoms with van der Waals surface area (Å²) in [6.07, 6.45) is 13.7. The van der Waals surface area contributed by atoms with Crippen LogP contribution in [-0.4, -0.2) is 11.3 Å². The van der Waals surface area contributed by atoms with Gasteiger partial charge < -0.3 is 0 Å². The summed E-state index contributed by atoms with van der Waals surface area (Å²) in [4.78, 5) is 0. The van der Waals surface area contributed by atoms with E-state index in [4.69, 9.17) is 6.66 Å². The van der Waals surface area contributed by atoms with Gasteiger partial charge in [0, 0.05) is 11.3 Å². The first-order valence-corrected chi connectivity index (χ1v) is 10.8. The number of benzene rings is 1. The van der Waals surface area contributed by atoms with Gasteiger partial charge in [0.1, 0.15) is 5.82 Å². The fourth-order valence-electron chi connectivity index (χ4n) is 4.52. The summed E-state index contributed by atoms with van der Waals surface area (Å²) in [5.41, 5.74) is 1.58. The highest BCUT2D eigenvalue weighted by atomic mass is 31.2. The van der Waals surface area contributed by atoms with Crippen molar-refractivity contribution in [1.29, 1.82) is 0 Å². The molecule has 3 rings (SSSR count). The summed E-state index contributed by atoms with van der Waals surface area (Å²) in [6.45, 7) is 4.91. The van der Waals surface area contributed by atoms with E-state index in [0.717, 1.165) is 11.3 Å². The zero-order valence-electron chi connectivity index (χ0n) is 13.1. The molecule has 0 unspecified atom stereocenters. The van der Waals surface area contributed by atoms with Gasteiger partial charge in [-0.05, 0) is 75.6 Å². The topological polar surface area (TPSA) is 0 Å². The Morgan fingerprint density at radius 1 is 0.762 bits per heavy atom. The molecule has 2 aliphatic carbocycles. The highest BCUT2D eigenvalue weighted by molar-refractivity contribution is 7.85. The van der Waals surface area contributed by atoms with Crippen molar-refractivity contribution in [2.24, 2.45) is 0 Å². The molecule has 2 fully saturated rings. The molecule has 1 aromatic rings. The van der Waals surface area contributed by atoms with Gasteiger partial charge in [-0.15, -0.1) is 0 Å². The fourth-order valence-corrected chi connectivity index (χ4v) is 9.24. The Hall–Kier alpha value is -0.420. The van der Waals surface area contributed by atoms with Crippen molar-refractivity contribution in [3.63, 3.8) is 0 Å². The van der Waals surface area contributed by atoms with Crippen LogP contribution >= 0.6 is 7.26 Å². The van der Waals surface area contributed by atoms with Gasteiger partial charge in [-0.25, -0.2) is 4.39 Å². The van der Waals surface area contributed by atoms with Gasteiger partial charge in [-0.3, -0.25) is 0 Å². The van der Waals surface area contributed by atoms with E-state index in [2.05, 4.69) is 12.1 Å². The van der Waals surface area contributed by atoms with Gasteiger partial charge in [0.25, 0.3) is 0 Å². The standard InChI is InChI=1S/C19H28FP/c1-21(17-8-4-2-5-9-17,18-10-6-3-7-11-18)19-14-12-16(20)13-15-19/h12-15,17-18H,1-11H2. The van der Waals surface area contributed by atoms with Crippen LogP contribution in [0.15, 0.2) is 24.3 Å². The van der Waals surface area contributed by atoms with Crippen molar-refractivity contribution in [2.45, 2.75) is 75.5 Å². The summed E-state index contributed by atoms with van der Waals surface area (Å²) in [6, 6.07) is 7.42. The minimum atomic E-state index is -1.41. The first-order chi connectivity index (χ1) is 10.2. The number of rotatable bonds is 3. The lowest BCUT2D eigenvalue weighted by molar-refractivity contribution is 0.483. The highest BCUT2D eigenvalue weighted by Gasteiger charge is 2.44. The Labute approximate surface area is 129 Å². The van der Waals surface area contributed by atoms with Crippen LogP contribution < -0.4 is 5.30 Å². The molecule has 0 N–H and O–H groups in total. The van der Waals surface area contributed by atoms with Gasteiger partial charge in [-0.2, -0.15) is 6.66 Å². The van der Waals surface area contributed by atoms with Gasteiger partial charge in [-0.1, -0.05) is 20.1 Å². The van der Waals surface area contributed by atoms with Crippen LogP contribution in [0.1, 0.15) is 64.2 Å². The first-order valence-electron chi connectivity index (χ1n) is 8.70. The maximum atomic E-state index is 13.4. The molecular weight excluding hydrogens is 278 g/mol. The third-order valence-corrected chi connectivity index (χ3v) is 10.7. The summed E-state index contributed by atoms with van der Waals surface area (Å²) in [7, 11) is -1.41. The van der Waals surface area contributed by atoms with Crippen molar-refractivity contribution in [3.05, 3.63) is 36.7 Å². The van der Waals surface area contributed by atoms with E-state index in [1.54, 1.807) is 12.1 Å². The van der Waals surface area contributed by atoms with E-state index >= 15 is 0 Å². The SMILES string of the molecule is [CH2-][P+](c1ccc(F)cc1)(C1CCCCC1)C1CCCCC1. The first kappa shape index (κ1) is 15.5. The fraction of sp³-hybridized carbons (Fsp3) is 0.632. The quantitative estimate of drug-likeness (QED) is 0.480. The molecule has 0 radical (unpaired) electrons. The van der Waals surface area contributed by atoms with Crippen LogP contribution in [-0.2, 0) is 0 Å². The normalized spacial score (nSPS) is 22.4. The second kappa shape index (κ2) is 6.78. The Morgan fingerprint density at radius 2 is 1.19 bits per heavy atom. The van der Waals surface area contributed by atoms with E-state index in [0.29, 0.717) is 0 Å². The van der Waals surface area contributed by atoms with Crippen LogP contribution in [0.4, 0.5) is 4.39 Å². The molecule has 2 aliphatic rings. The van der Waals surface area contributed by atoms with Crippen LogP contribution in [0.2, 0.25) is 0 Å². The van der Waals surface area contributed by atoms with Crippen LogP contribution in [0.25, 0.3) is 0 Å². The minimum Gasteiger partial charge on any atom is -0.207 e. The summed E-state index contributed by atoms with van der Waals surface area (Å²) in [5.74, 6) is -0.113. The molecule has 2 heteroatoms. The second-order valence-electron chi connectivity index (χ2n) is 6.99. The molecular formula is C19H28FP. The van der Waals surface area contributed by atoms with Crippen molar-refractivity contribution >= 4 is 12.6 Å². The summed E-state index contributed by atoms with van der Waals surface area (Å²) < 4.78 is 13.4. The lowest BCUT2D eigenvalue weighted by Gasteiger charge is -2.46. The van der Waals surface area contributed by atoms with Crippen molar-refractivity contribution in [2.75, 3.05) is 0 Å². The minimum absolute atomic E-state index is 0.113. The zero-order valence-corrected chi connectivity index (χ0v) is 14.0. The second-order valence-corrected chi connectivity index (χ2v) is 10.8. The van der Waals surface area contributed by atoms with E-state index in [1.165, 1.54) is 69.5 Å². The van der Waals surface area contributed by atoms with E-state index in [9.17, 15) is 4.39 Å². The van der Waals surface area contributed by atoms with Crippen molar-refractivity contribution < 1.29 is 4.39 Å². The molecule has 0 heterocycles. The van der Waals surface area contributed by atoms with Gasteiger partial charge in [0.2, 0.25) is 0 Å². The highest BCUT2D eigenvalue weighted by Crippen LogP contribution is 2.70. The van der Waals surface area contributed by atoms with E-state index in [1.807, 2.05) is 0 Å². The van der Waals surface area contributed by atoms with E-state index in [-0.39, 0.29) is 5.82 Å². The zero-order chi connectivity index (χ0) is 14.7. The third kappa shape index (κ3) is 3.19. The lowest BCUT2D eigenvalue weighted by atomic mass is 9.99. The third-order valence-electron chi connectivity index (χ3n) is 5.76. The number of hydrogen-bond acceptors (Lipinski definition) is 0. The van der Waals surface area contributed by atoms with Crippen molar-refractivity contribution in [1.82, 2.24) is 0 Å². The molecule has 0 atom stereocenters. The average Bonchev–Trinajstić information content (AvgIpc) is 2.56. The molecule has 116 valence electrons. The number of halogens is 1. The monoisotopic (exact) mass is 306 g/mol. The molecule has 0 bridgehead atoms. The molecule has 0 nitrogen and oxygen atoms in total. The Balaban J connectivity index is 1.93. The largest absolute Gasteiger partial charge is 0.207 e. The maximum absolute atomic E-state index is 13.4. The Morgan fingerprint density at radius 3 is 1.62 bits per heavy atom. The molecule has 0 aliphatic heterocycles. The predicted octanol–water partition coefficient (Wildman–Crippen LogP) is 5.93. The van der Waals surface area contributed by atoms with Crippen LogP contribution in [0.3, 0.4) is 0 Å². The average molecular weight is 306 g/mol. The van der Waals surface area contributed by atoms with Gasteiger partial charge >= 0.3 is 0 Å². The molecule has 0 spiro atoms. The molecule has 0 saturated heterocycles. The smallest absolute Gasteiger partial charge is 0.123 e.